The minimum atomic E-state index is -0.516. The largest absolute Gasteiger partial charge is 0.475 e. The molecule has 2 aromatic heterocycles. The summed E-state index contributed by atoms with van der Waals surface area (Å²) >= 11 is -0.516. The molecule has 9 heteroatoms. The van der Waals surface area contributed by atoms with E-state index in [1.807, 2.05) is 40.4 Å². The molecular weight excluding hydrogens is 364 g/mol. The van der Waals surface area contributed by atoms with E-state index in [0.29, 0.717) is 11.2 Å². The number of nitrogens with zero attached hydrogens (tertiary/aromatic N) is 5. The lowest BCUT2D eigenvalue weighted by Crippen LogP contribution is -2.17. The first-order valence-corrected chi connectivity index (χ1v) is 10.5. The van der Waals surface area contributed by atoms with E-state index in [1.165, 1.54) is 0 Å². The van der Waals surface area contributed by atoms with Crippen molar-refractivity contribution in [2.24, 2.45) is 0 Å². The molecule has 0 aliphatic rings. The van der Waals surface area contributed by atoms with Gasteiger partial charge in [0.15, 0.2) is 11.2 Å². The van der Waals surface area contributed by atoms with Crippen LogP contribution >= 0.6 is 11.1 Å². The van der Waals surface area contributed by atoms with E-state index in [2.05, 4.69) is 32.8 Å². The molecule has 140 valence electrons. The number of anilines is 1. The number of carbonyl (C=O) groups excluding carboxylic acids is 1. The molecule has 0 saturated carbocycles. The number of hydrogen-bond donors (Lipinski definition) is 2. The Hall–Kier alpha value is -3.12. The minimum absolute atomic E-state index is 0.161. The predicted molar refractivity (Wildman–Crippen MR) is 106 cm³/mol. The van der Waals surface area contributed by atoms with E-state index in [-0.39, 0.29) is 37.2 Å². The van der Waals surface area contributed by atoms with Crippen LogP contribution in [0.3, 0.4) is 0 Å². The van der Waals surface area contributed by atoms with Crippen LogP contribution < -0.4 is 10.1 Å². The summed E-state index contributed by atoms with van der Waals surface area (Å²) in [4.78, 5) is 25.4. The second-order valence-corrected chi connectivity index (χ2v) is 8.05. The summed E-state index contributed by atoms with van der Waals surface area (Å²) < 4.78 is 7.54. The molecule has 1 amide bonds. The summed E-state index contributed by atoms with van der Waals surface area (Å²) in [6.07, 6.45) is 6.29. The number of amides is 1. The Labute approximate surface area is 159 Å². The van der Waals surface area contributed by atoms with Crippen LogP contribution in [0.5, 0.6) is 5.88 Å². The number of thiol groups is 1. The number of hydrogen-bond acceptors (Lipinski definition) is 6. The molecule has 3 rings (SSSR count). The highest BCUT2D eigenvalue weighted by Gasteiger charge is 2.17. The number of nitrogens with one attached hydrogen (secondary N) is 1. The van der Waals surface area contributed by atoms with Crippen molar-refractivity contribution in [1.29, 1.82) is 5.26 Å². The average molecular weight is 384 g/mol. The highest BCUT2D eigenvalue weighted by molar-refractivity contribution is 8.14. The van der Waals surface area contributed by atoms with Crippen molar-refractivity contribution in [1.82, 2.24) is 18.9 Å². The zero-order valence-corrected chi connectivity index (χ0v) is 16.0. The van der Waals surface area contributed by atoms with Crippen LogP contribution in [0, 0.1) is 11.3 Å². The Morgan fingerprint density at radius 1 is 1.30 bits per heavy atom. The SMILES string of the molecule is C[SH](C)n1cnc2c(OCCC#N)nc(NC(=O)Cc3ccccc3)nc21. The fourth-order valence-corrected chi connectivity index (χ4v) is 3.23. The average Bonchev–Trinajstić information content (AvgIpc) is 3.07. The summed E-state index contributed by atoms with van der Waals surface area (Å²) in [7, 11) is 0. The van der Waals surface area contributed by atoms with Gasteiger partial charge in [0.2, 0.25) is 17.7 Å². The quantitative estimate of drug-likeness (QED) is 0.478. The van der Waals surface area contributed by atoms with E-state index in [9.17, 15) is 4.79 Å². The zero-order valence-electron chi connectivity index (χ0n) is 15.1. The summed E-state index contributed by atoms with van der Waals surface area (Å²) in [5.74, 6) is 0.208. The van der Waals surface area contributed by atoms with E-state index in [1.54, 1.807) is 6.33 Å². The highest BCUT2D eigenvalue weighted by Crippen LogP contribution is 2.29. The van der Waals surface area contributed by atoms with E-state index >= 15 is 0 Å². The molecule has 0 aliphatic carbocycles. The summed E-state index contributed by atoms with van der Waals surface area (Å²) in [5, 5.41) is 11.4. The zero-order chi connectivity index (χ0) is 19.2. The molecule has 0 bridgehead atoms. The maximum absolute atomic E-state index is 12.4. The number of fused-ring (bicyclic) bond motifs is 1. The molecule has 0 radical (unpaired) electrons. The maximum atomic E-state index is 12.4. The van der Waals surface area contributed by atoms with E-state index in [0.717, 1.165) is 5.56 Å². The summed E-state index contributed by atoms with van der Waals surface area (Å²) in [6, 6.07) is 11.5. The molecule has 27 heavy (non-hydrogen) atoms. The van der Waals surface area contributed by atoms with Crippen molar-refractivity contribution in [3.8, 4) is 11.9 Å². The van der Waals surface area contributed by atoms with Gasteiger partial charge in [0, 0.05) is 0 Å². The third kappa shape index (κ3) is 4.54. The Bertz CT molecular complexity index is 981. The fourth-order valence-electron chi connectivity index (χ4n) is 2.46. The molecule has 1 N–H and O–H groups in total. The number of nitriles is 1. The second kappa shape index (κ2) is 8.51. The smallest absolute Gasteiger partial charge is 0.247 e. The first-order valence-electron chi connectivity index (χ1n) is 8.34. The third-order valence-corrected chi connectivity index (χ3v) is 4.84. The maximum Gasteiger partial charge on any atom is 0.247 e. The van der Waals surface area contributed by atoms with Crippen molar-refractivity contribution in [3.05, 3.63) is 42.2 Å². The van der Waals surface area contributed by atoms with Crippen molar-refractivity contribution >= 4 is 34.1 Å². The van der Waals surface area contributed by atoms with Gasteiger partial charge in [-0.2, -0.15) is 26.3 Å². The molecule has 1 aromatic carbocycles. The lowest BCUT2D eigenvalue weighted by Gasteiger charge is -2.13. The number of rotatable bonds is 7. The summed E-state index contributed by atoms with van der Waals surface area (Å²) in [6.45, 7) is 0.194. The van der Waals surface area contributed by atoms with Gasteiger partial charge in [0.05, 0.1) is 18.9 Å². The lowest BCUT2D eigenvalue weighted by molar-refractivity contribution is -0.115. The Kier molecular flexibility index (Phi) is 5.88. The van der Waals surface area contributed by atoms with Crippen molar-refractivity contribution in [2.75, 3.05) is 24.4 Å². The Morgan fingerprint density at radius 3 is 2.78 bits per heavy atom. The standard InChI is InChI=1S/C18H20N6O2S/c1-27(2)24-12-20-15-16(24)22-18(23-17(15)26-10-6-9-19)21-14(25)11-13-7-4-3-5-8-13/h3-5,7-8,12,27H,6,10-11H2,1-2H3,(H,21,22,23,25). The summed E-state index contributed by atoms with van der Waals surface area (Å²) in [5.41, 5.74) is 2.02. The van der Waals surface area contributed by atoms with Gasteiger partial charge in [-0.1, -0.05) is 30.3 Å². The van der Waals surface area contributed by atoms with Crippen LogP contribution in [0.1, 0.15) is 12.0 Å². The van der Waals surface area contributed by atoms with E-state index in [4.69, 9.17) is 10.00 Å². The molecule has 3 aromatic rings. The van der Waals surface area contributed by atoms with Crippen molar-refractivity contribution < 1.29 is 9.53 Å². The Morgan fingerprint density at radius 2 is 2.07 bits per heavy atom. The topological polar surface area (TPSA) is 106 Å². The molecule has 8 nitrogen and oxygen atoms in total. The van der Waals surface area contributed by atoms with Crippen LogP contribution in [0.4, 0.5) is 5.95 Å². The third-order valence-electron chi connectivity index (χ3n) is 3.69. The van der Waals surface area contributed by atoms with Gasteiger partial charge in [0.1, 0.15) is 12.9 Å². The molecule has 2 heterocycles. The molecule has 0 spiro atoms. The first kappa shape index (κ1) is 18.7. The van der Waals surface area contributed by atoms with Gasteiger partial charge in [-0.25, -0.2) is 4.98 Å². The number of carbonyl (C=O) groups is 1. The Balaban J connectivity index is 1.88. The molecule has 0 aliphatic heterocycles. The highest BCUT2D eigenvalue weighted by atomic mass is 32.2. The number of aromatic nitrogens is 4. The van der Waals surface area contributed by atoms with Crippen molar-refractivity contribution in [2.45, 2.75) is 12.8 Å². The molecular formula is C18H20N6O2S. The van der Waals surface area contributed by atoms with Crippen LogP contribution in [-0.4, -0.2) is 43.9 Å². The van der Waals surface area contributed by atoms with Gasteiger partial charge in [-0.05, 0) is 18.1 Å². The molecule has 0 fully saturated rings. The van der Waals surface area contributed by atoms with Crippen LogP contribution in [0.15, 0.2) is 36.7 Å². The lowest BCUT2D eigenvalue weighted by atomic mass is 10.1. The molecule has 0 atom stereocenters. The van der Waals surface area contributed by atoms with Gasteiger partial charge >= 0.3 is 0 Å². The van der Waals surface area contributed by atoms with Crippen LogP contribution in [0.25, 0.3) is 11.2 Å². The van der Waals surface area contributed by atoms with Gasteiger partial charge in [-0.3, -0.25) is 14.1 Å². The van der Waals surface area contributed by atoms with Gasteiger partial charge < -0.3 is 4.74 Å². The normalized spacial score (nSPS) is 11.1. The van der Waals surface area contributed by atoms with Gasteiger partial charge in [-0.15, -0.1) is 0 Å². The van der Waals surface area contributed by atoms with Gasteiger partial charge in [0.25, 0.3) is 0 Å². The predicted octanol–water partition coefficient (Wildman–Crippen LogP) is 2.32. The van der Waals surface area contributed by atoms with Crippen LogP contribution in [0.2, 0.25) is 0 Å². The monoisotopic (exact) mass is 384 g/mol. The first-order chi connectivity index (χ1) is 13.1. The van der Waals surface area contributed by atoms with Crippen molar-refractivity contribution in [3.63, 3.8) is 0 Å². The minimum Gasteiger partial charge on any atom is -0.475 e. The molecule has 0 unspecified atom stereocenters. The van der Waals surface area contributed by atoms with Crippen LogP contribution in [-0.2, 0) is 11.2 Å². The fraction of sp³-hybridized carbons (Fsp3) is 0.278. The number of benzene rings is 1. The number of ether oxygens (including phenoxy) is 1. The van der Waals surface area contributed by atoms with E-state index < -0.39 is 11.1 Å². The number of imidazole rings is 1. The second-order valence-electron chi connectivity index (χ2n) is 5.93. The molecule has 0 saturated heterocycles.